The minimum absolute atomic E-state index is 0.0767. The second kappa shape index (κ2) is 8.78. The molecule has 140 valence electrons. The number of aliphatic hydroxyl groups is 2. The van der Waals surface area contributed by atoms with Crippen LogP contribution in [0.4, 0.5) is 0 Å². The molecule has 1 aromatic heterocycles. The molecular weight excluding hydrogens is 332 g/mol. The smallest absolute Gasteiger partial charge is 0.245 e. The van der Waals surface area contributed by atoms with Crippen molar-refractivity contribution >= 4 is 11.7 Å². The highest BCUT2D eigenvalue weighted by Gasteiger charge is 2.26. The second-order valence-electron chi connectivity index (χ2n) is 6.30. The van der Waals surface area contributed by atoms with Crippen molar-refractivity contribution in [3.63, 3.8) is 0 Å². The SMILES string of the molecule is Cc1cc(C(=O)c2ccccc2)c(C)n1C(C)C(=O)N(CCO)CCO. The Balaban J connectivity index is 2.34. The molecule has 1 unspecified atom stereocenters. The van der Waals surface area contributed by atoms with Crippen LogP contribution in [-0.2, 0) is 4.79 Å². The first-order chi connectivity index (χ1) is 12.4. The molecule has 1 aromatic carbocycles. The highest BCUT2D eigenvalue weighted by atomic mass is 16.3. The van der Waals surface area contributed by atoms with Crippen LogP contribution in [0, 0.1) is 13.8 Å². The van der Waals surface area contributed by atoms with Crippen molar-refractivity contribution in [3.8, 4) is 0 Å². The zero-order valence-electron chi connectivity index (χ0n) is 15.5. The average molecular weight is 358 g/mol. The van der Waals surface area contributed by atoms with Gasteiger partial charge in [0.25, 0.3) is 0 Å². The lowest BCUT2D eigenvalue weighted by Crippen LogP contribution is -2.40. The number of rotatable bonds is 8. The predicted molar refractivity (Wildman–Crippen MR) is 99.2 cm³/mol. The van der Waals surface area contributed by atoms with Crippen molar-refractivity contribution in [2.24, 2.45) is 0 Å². The molecule has 2 N–H and O–H groups in total. The molecule has 0 saturated heterocycles. The summed E-state index contributed by atoms with van der Waals surface area (Å²) in [6.07, 6.45) is 0. The van der Waals surface area contributed by atoms with E-state index in [1.165, 1.54) is 4.90 Å². The molecule has 0 fully saturated rings. The lowest BCUT2D eigenvalue weighted by molar-refractivity contribution is -0.135. The van der Waals surface area contributed by atoms with Gasteiger partial charge < -0.3 is 19.7 Å². The van der Waals surface area contributed by atoms with E-state index >= 15 is 0 Å². The summed E-state index contributed by atoms with van der Waals surface area (Å²) in [4.78, 5) is 27.0. The topological polar surface area (TPSA) is 82.8 Å². The third-order valence-corrected chi connectivity index (χ3v) is 4.56. The van der Waals surface area contributed by atoms with E-state index in [0.29, 0.717) is 11.1 Å². The maximum atomic E-state index is 12.8. The van der Waals surface area contributed by atoms with Crippen LogP contribution in [0.3, 0.4) is 0 Å². The summed E-state index contributed by atoms with van der Waals surface area (Å²) in [6, 6.07) is 10.3. The van der Waals surface area contributed by atoms with Crippen LogP contribution in [0.25, 0.3) is 0 Å². The van der Waals surface area contributed by atoms with Crippen LogP contribution < -0.4 is 0 Å². The summed E-state index contributed by atoms with van der Waals surface area (Å²) < 4.78 is 1.83. The van der Waals surface area contributed by atoms with Crippen LogP contribution in [0.5, 0.6) is 0 Å². The van der Waals surface area contributed by atoms with Gasteiger partial charge in [0.1, 0.15) is 6.04 Å². The first-order valence-corrected chi connectivity index (χ1v) is 8.71. The van der Waals surface area contributed by atoms with E-state index in [1.807, 2.05) is 36.6 Å². The quantitative estimate of drug-likeness (QED) is 0.704. The second-order valence-corrected chi connectivity index (χ2v) is 6.30. The van der Waals surface area contributed by atoms with Crippen molar-refractivity contribution in [1.82, 2.24) is 9.47 Å². The Morgan fingerprint density at radius 3 is 2.19 bits per heavy atom. The Morgan fingerprint density at radius 1 is 1.08 bits per heavy atom. The molecular formula is C20H26N2O4. The third kappa shape index (κ3) is 4.03. The zero-order chi connectivity index (χ0) is 19.3. The Hall–Kier alpha value is -2.44. The Morgan fingerprint density at radius 2 is 1.65 bits per heavy atom. The van der Waals surface area contributed by atoms with E-state index in [1.54, 1.807) is 25.1 Å². The number of ketones is 1. The van der Waals surface area contributed by atoms with Gasteiger partial charge in [-0.05, 0) is 26.8 Å². The molecule has 0 aliphatic rings. The molecule has 2 aromatic rings. The monoisotopic (exact) mass is 358 g/mol. The molecule has 1 heterocycles. The van der Waals surface area contributed by atoms with Gasteiger partial charge >= 0.3 is 0 Å². The summed E-state index contributed by atoms with van der Waals surface area (Å²) in [5.74, 6) is -0.277. The summed E-state index contributed by atoms with van der Waals surface area (Å²) >= 11 is 0. The molecule has 6 heteroatoms. The number of hydrogen-bond donors (Lipinski definition) is 2. The van der Waals surface area contributed by atoms with Crippen molar-refractivity contribution < 1.29 is 19.8 Å². The summed E-state index contributed by atoms with van der Waals surface area (Å²) in [7, 11) is 0. The Labute approximate surface area is 153 Å². The fourth-order valence-corrected chi connectivity index (χ4v) is 3.30. The standard InChI is InChI=1S/C20H26N2O4/c1-14-13-18(19(25)17-7-5-4-6-8-17)15(2)22(14)16(3)20(26)21(9-11-23)10-12-24/h4-8,13,16,23-24H,9-12H2,1-3H3. The van der Waals surface area contributed by atoms with Crippen LogP contribution in [0.1, 0.15) is 40.3 Å². The van der Waals surface area contributed by atoms with Crippen molar-refractivity contribution in [1.29, 1.82) is 0 Å². The summed E-state index contributed by atoms with van der Waals surface area (Å²) in [5, 5.41) is 18.3. The summed E-state index contributed by atoms with van der Waals surface area (Å²) in [5.41, 5.74) is 2.72. The van der Waals surface area contributed by atoms with Gasteiger partial charge in [-0.1, -0.05) is 30.3 Å². The van der Waals surface area contributed by atoms with Crippen LogP contribution in [0.15, 0.2) is 36.4 Å². The molecule has 0 radical (unpaired) electrons. The zero-order valence-corrected chi connectivity index (χ0v) is 15.5. The molecule has 1 amide bonds. The van der Waals surface area contributed by atoms with Crippen molar-refractivity contribution in [2.45, 2.75) is 26.8 Å². The first-order valence-electron chi connectivity index (χ1n) is 8.71. The summed E-state index contributed by atoms with van der Waals surface area (Å²) in [6.45, 7) is 5.45. The fraction of sp³-hybridized carbons (Fsp3) is 0.400. The average Bonchev–Trinajstić information content (AvgIpc) is 2.94. The molecule has 2 rings (SSSR count). The van der Waals surface area contributed by atoms with Gasteiger partial charge in [-0.3, -0.25) is 9.59 Å². The number of carbonyl (C=O) groups is 2. The van der Waals surface area contributed by atoms with E-state index < -0.39 is 6.04 Å². The van der Waals surface area contributed by atoms with Gasteiger partial charge in [0, 0.05) is 35.6 Å². The lowest BCUT2D eigenvalue weighted by Gasteiger charge is -2.26. The highest BCUT2D eigenvalue weighted by molar-refractivity contribution is 6.10. The van der Waals surface area contributed by atoms with Gasteiger partial charge in [0.05, 0.1) is 13.2 Å². The van der Waals surface area contributed by atoms with E-state index in [4.69, 9.17) is 10.2 Å². The van der Waals surface area contributed by atoms with Crippen LogP contribution >= 0.6 is 0 Å². The largest absolute Gasteiger partial charge is 0.395 e. The maximum Gasteiger partial charge on any atom is 0.245 e. The third-order valence-electron chi connectivity index (χ3n) is 4.56. The number of aromatic nitrogens is 1. The molecule has 1 atom stereocenters. The number of aryl methyl sites for hydroxylation is 1. The van der Waals surface area contributed by atoms with Gasteiger partial charge in [-0.15, -0.1) is 0 Å². The normalized spacial score (nSPS) is 12.0. The number of amides is 1. The number of hydrogen-bond acceptors (Lipinski definition) is 4. The highest BCUT2D eigenvalue weighted by Crippen LogP contribution is 2.24. The number of benzene rings is 1. The molecule has 6 nitrogen and oxygen atoms in total. The lowest BCUT2D eigenvalue weighted by atomic mass is 10.0. The van der Waals surface area contributed by atoms with E-state index in [9.17, 15) is 9.59 Å². The molecule has 0 saturated carbocycles. The molecule has 26 heavy (non-hydrogen) atoms. The number of carbonyl (C=O) groups excluding carboxylic acids is 2. The number of nitrogens with zero attached hydrogens (tertiary/aromatic N) is 2. The van der Waals surface area contributed by atoms with Gasteiger partial charge in [0.15, 0.2) is 5.78 Å². The Kier molecular flexibility index (Phi) is 6.71. The van der Waals surface area contributed by atoms with Crippen LogP contribution in [0.2, 0.25) is 0 Å². The number of aliphatic hydroxyl groups excluding tert-OH is 2. The van der Waals surface area contributed by atoms with E-state index in [-0.39, 0.29) is 38.0 Å². The van der Waals surface area contributed by atoms with E-state index in [0.717, 1.165) is 11.4 Å². The first kappa shape index (κ1) is 19.9. The van der Waals surface area contributed by atoms with E-state index in [2.05, 4.69) is 0 Å². The Bertz CT molecular complexity index is 762. The molecule has 0 aliphatic heterocycles. The van der Waals surface area contributed by atoms with Crippen molar-refractivity contribution in [2.75, 3.05) is 26.3 Å². The molecule has 0 spiro atoms. The van der Waals surface area contributed by atoms with Gasteiger partial charge in [0.2, 0.25) is 5.91 Å². The minimum atomic E-state index is -0.537. The van der Waals surface area contributed by atoms with Gasteiger partial charge in [-0.2, -0.15) is 0 Å². The van der Waals surface area contributed by atoms with Gasteiger partial charge in [-0.25, -0.2) is 0 Å². The molecule has 0 aliphatic carbocycles. The minimum Gasteiger partial charge on any atom is -0.395 e. The van der Waals surface area contributed by atoms with Crippen LogP contribution in [-0.4, -0.2) is 57.7 Å². The predicted octanol–water partition coefficient (Wildman–Crippen LogP) is 1.71. The molecule has 0 bridgehead atoms. The van der Waals surface area contributed by atoms with Crippen molar-refractivity contribution in [3.05, 3.63) is 58.9 Å². The maximum absolute atomic E-state index is 12.8. The fourth-order valence-electron chi connectivity index (χ4n) is 3.30.